The van der Waals surface area contributed by atoms with Gasteiger partial charge in [-0.3, -0.25) is 0 Å². The Morgan fingerprint density at radius 3 is 2.66 bits per heavy atom. The van der Waals surface area contributed by atoms with Crippen molar-refractivity contribution in [1.29, 1.82) is 0 Å². The van der Waals surface area contributed by atoms with Crippen molar-refractivity contribution in [3.05, 3.63) is 99.2 Å². The van der Waals surface area contributed by atoms with E-state index in [0.717, 1.165) is 27.7 Å². The van der Waals surface area contributed by atoms with Gasteiger partial charge in [0.1, 0.15) is 36.4 Å². The zero-order chi connectivity index (χ0) is 27.1. The number of aromatic nitrogens is 1. The molecule has 1 N–H and O–H groups in total. The molecule has 1 atom stereocenters. The summed E-state index contributed by atoms with van der Waals surface area (Å²) in [6.07, 6.45) is 8.71. The van der Waals surface area contributed by atoms with Gasteiger partial charge in [0.25, 0.3) is 0 Å². The molecule has 0 aliphatic rings. The summed E-state index contributed by atoms with van der Waals surface area (Å²) in [5.41, 5.74) is 3.22. The van der Waals surface area contributed by atoms with Crippen LogP contribution in [0.25, 0.3) is 23.1 Å². The Hall–Kier alpha value is -4.02. The Bertz CT molecular complexity index is 1540. The molecule has 0 aliphatic carbocycles. The summed E-state index contributed by atoms with van der Waals surface area (Å²) in [5, 5.41) is 11.4. The lowest BCUT2D eigenvalue weighted by atomic mass is 10.1. The van der Waals surface area contributed by atoms with Gasteiger partial charge in [0.15, 0.2) is 0 Å². The SMILES string of the molecule is C#CCO[C@@H](COc1ccc(OC)cc1C(=O)O)c1cccc(/C=C/c2ccc3cc(Cl)c(Cl)cc3n2)c1. The van der Waals surface area contributed by atoms with Gasteiger partial charge < -0.3 is 19.3 Å². The van der Waals surface area contributed by atoms with Crippen LogP contribution in [0.15, 0.2) is 66.7 Å². The van der Waals surface area contributed by atoms with E-state index in [1.165, 1.54) is 13.2 Å². The van der Waals surface area contributed by atoms with Gasteiger partial charge in [-0.2, -0.15) is 0 Å². The molecule has 0 fully saturated rings. The monoisotopic (exact) mass is 547 g/mol. The van der Waals surface area contributed by atoms with E-state index in [-0.39, 0.29) is 24.5 Å². The number of rotatable bonds is 10. The van der Waals surface area contributed by atoms with E-state index in [1.54, 1.807) is 24.3 Å². The number of pyridine rings is 1. The largest absolute Gasteiger partial charge is 0.497 e. The van der Waals surface area contributed by atoms with Crippen molar-refractivity contribution in [3.8, 4) is 23.8 Å². The van der Waals surface area contributed by atoms with Crippen molar-refractivity contribution in [2.45, 2.75) is 6.10 Å². The molecule has 4 rings (SSSR count). The van der Waals surface area contributed by atoms with Crippen LogP contribution in [0.5, 0.6) is 11.5 Å². The Balaban J connectivity index is 1.54. The zero-order valence-electron chi connectivity index (χ0n) is 20.4. The zero-order valence-corrected chi connectivity index (χ0v) is 21.9. The number of halogens is 2. The van der Waals surface area contributed by atoms with Gasteiger partial charge in [0.05, 0.1) is 28.4 Å². The number of hydrogen-bond donors (Lipinski definition) is 1. The molecule has 0 unspecified atom stereocenters. The molecule has 0 spiro atoms. The highest BCUT2D eigenvalue weighted by molar-refractivity contribution is 6.42. The van der Waals surface area contributed by atoms with Crippen molar-refractivity contribution in [3.63, 3.8) is 0 Å². The summed E-state index contributed by atoms with van der Waals surface area (Å²) >= 11 is 12.2. The first-order valence-electron chi connectivity index (χ1n) is 11.5. The molecular weight excluding hydrogens is 525 g/mol. The van der Waals surface area contributed by atoms with Gasteiger partial charge in [-0.25, -0.2) is 9.78 Å². The highest BCUT2D eigenvalue weighted by Crippen LogP contribution is 2.29. The van der Waals surface area contributed by atoms with E-state index in [9.17, 15) is 9.90 Å². The van der Waals surface area contributed by atoms with Crippen LogP contribution in [0.2, 0.25) is 10.0 Å². The normalized spacial score (nSPS) is 11.8. The maximum Gasteiger partial charge on any atom is 0.339 e. The highest BCUT2D eigenvalue weighted by Gasteiger charge is 2.17. The van der Waals surface area contributed by atoms with E-state index in [2.05, 4.69) is 10.9 Å². The van der Waals surface area contributed by atoms with Gasteiger partial charge in [0.2, 0.25) is 0 Å². The van der Waals surface area contributed by atoms with E-state index in [1.807, 2.05) is 48.6 Å². The van der Waals surface area contributed by atoms with Crippen LogP contribution < -0.4 is 9.47 Å². The Morgan fingerprint density at radius 1 is 1.08 bits per heavy atom. The first-order chi connectivity index (χ1) is 18.4. The van der Waals surface area contributed by atoms with Crippen LogP contribution >= 0.6 is 23.2 Å². The minimum Gasteiger partial charge on any atom is -0.497 e. The second-order valence-corrected chi connectivity index (χ2v) is 9.00. The van der Waals surface area contributed by atoms with Crippen molar-refractivity contribution in [2.24, 2.45) is 0 Å². The summed E-state index contributed by atoms with van der Waals surface area (Å²) in [4.78, 5) is 16.3. The number of fused-ring (bicyclic) bond motifs is 1. The number of benzene rings is 3. The Kier molecular flexibility index (Phi) is 8.88. The number of carboxylic acids is 1. The quantitative estimate of drug-likeness (QED) is 0.212. The number of hydrogen-bond acceptors (Lipinski definition) is 5. The molecule has 0 aliphatic heterocycles. The second kappa shape index (κ2) is 12.5. The molecule has 0 radical (unpaired) electrons. The molecule has 1 heterocycles. The molecule has 1 aromatic heterocycles. The van der Waals surface area contributed by atoms with Crippen LogP contribution in [0.4, 0.5) is 0 Å². The first-order valence-corrected chi connectivity index (χ1v) is 12.3. The summed E-state index contributed by atoms with van der Waals surface area (Å²) < 4.78 is 16.8. The summed E-state index contributed by atoms with van der Waals surface area (Å²) in [6, 6.07) is 19.6. The average Bonchev–Trinajstić information content (AvgIpc) is 2.92. The molecule has 8 heteroatoms. The van der Waals surface area contributed by atoms with E-state index in [0.29, 0.717) is 15.8 Å². The number of terminal acetylenes is 1. The van der Waals surface area contributed by atoms with Gasteiger partial charge in [0, 0.05) is 5.39 Å². The second-order valence-electron chi connectivity index (χ2n) is 8.18. The van der Waals surface area contributed by atoms with Crippen LogP contribution in [-0.4, -0.2) is 36.4 Å². The molecule has 4 aromatic rings. The number of methoxy groups -OCH3 is 1. The van der Waals surface area contributed by atoms with Crippen LogP contribution in [0, 0.1) is 12.3 Å². The van der Waals surface area contributed by atoms with Crippen molar-refractivity contribution < 1.29 is 24.1 Å². The molecular formula is C30H23Cl2NO5. The highest BCUT2D eigenvalue weighted by atomic mass is 35.5. The van der Waals surface area contributed by atoms with E-state index < -0.39 is 12.1 Å². The molecule has 0 saturated heterocycles. The molecule has 0 bridgehead atoms. The Labute approximate surface area is 230 Å². The first kappa shape index (κ1) is 27.0. The third kappa shape index (κ3) is 6.64. The number of ether oxygens (including phenoxy) is 3. The number of nitrogens with zero attached hydrogens (tertiary/aromatic N) is 1. The Morgan fingerprint density at radius 2 is 1.89 bits per heavy atom. The standard InChI is InChI=1S/C30H23Cl2NO5/c1-3-13-37-29(18-38-28-12-11-23(36-2)16-24(28)30(34)35)21-6-4-5-19(14-21)7-9-22-10-8-20-15-25(31)26(32)17-27(20)33-22/h1,4-12,14-17,29H,13,18H2,2H3,(H,34,35)/b9-7+/t29-/m0/s1. The van der Waals surface area contributed by atoms with Gasteiger partial charge >= 0.3 is 5.97 Å². The summed E-state index contributed by atoms with van der Waals surface area (Å²) in [7, 11) is 1.47. The minimum atomic E-state index is -1.13. The third-order valence-electron chi connectivity index (χ3n) is 5.66. The topological polar surface area (TPSA) is 77.9 Å². The molecule has 0 amide bonds. The fraction of sp³-hybridized carbons (Fsp3) is 0.133. The lowest BCUT2D eigenvalue weighted by Crippen LogP contribution is -2.16. The van der Waals surface area contributed by atoms with Crippen molar-refractivity contribution >= 4 is 52.2 Å². The fourth-order valence-electron chi connectivity index (χ4n) is 3.75. The molecule has 3 aromatic carbocycles. The van der Waals surface area contributed by atoms with Crippen molar-refractivity contribution in [2.75, 3.05) is 20.3 Å². The maximum absolute atomic E-state index is 11.7. The number of aromatic carboxylic acids is 1. The predicted molar refractivity (Wildman–Crippen MR) is 150 cm³/mol. The van der Waals surface area contributed by atoms with E-state index in [4.69, 9.17) is 43.8 Å². The summed E-state index contributed by atoms with van der Waals surface area (Å²) in [6.45, 7) is 0.118. The number of carbonyl (C=O) groups is 1. The third-order valence-corrected chi connectivity index (χ3v) is 6.38. The van der Waals surface area contributed by atoms with Crippen LogP contribution in [0.3, 0.4) is 0 Å². The van der Waals surface area contributed by atoms with Crippen LogP contribution in [0.1, 0.15) is 33.3 Å². The predicted octanol–water partition coefficient (Wildman–Crippen LogP) is 7.19. The number of carboxylic acid groups (broad SMARTS) is 1. The van der Waals surface area contributed by atoms with Crippen LogP contribution in [-0.2, 0) is 4.74 Å². The maximum atomic E-state index is 11.7. The molecule has 192 valence electrons. The van der Waals surface area contributed by atoms with Gasteiger partial charge in [-0.1, -0.05) is 59.5 Å². The van der Waals surface area contributed by atoms with Crippen molar-refractivity contribution in [1.82, 2.24) is 4.98 Å². The lowest BCUT2D eigenvalue weighted by molar-refractivity contribution is 0.0375. The van der Waals surface area contributed by atoms with Gasteiger partial charge in [-0.05, 0) is 59.7 Å². The molecule has 0 saturated carbocycles. The molecule has 38 heavy (non-hydrogen) atoms. The average molecular weight is 548 g/mol. The lowest BCUT2D eigenvalue weighted by Gasteiger charge is -2.19. The molecule has 6 nitrogen and oxygen atoms in total. The summed E-state index contributed by atoms with van der Waals surface area (Å²) in [5.74, 6) is 1.96. The minimum absolute atomic E-state index is 0.0109. The smallest absolute Gasteiger partial charge is 0.339 e. The van der Waals surface area contributed by atoms with E-state index >= 15 is 0 Å². The fourth-order valence-corrected chi connectivity index (χ4v) is 4.08. The van der Waals surface area contributed by atoms with Gasteiger partial charge in [-0.15, -0.1) is 6.42 Å².